The molecule has 2 amide bonds. The fraction of sp³-hybridized carbons (Fsp3) is 0.194. The van der Waals surface area contributed by atoms with Crippen molar-refractivity contribution < 1.29 is 18.0 Å². The second kappa shape index (κ2) is 10.5. The molecule has 6 rings (SSSR count). The van der Waals surface area contributed by atoms with Crippen LogP contribution < -0.4 is 22.1 Å². The van der Waals surface area contributed by atoms with Gasteiger partial charge in [0.25, 0.3) is 0 Å². The number of nitrogens with zero attached hydrogens (tertiary/aromatic N) is 3. The number of urea groups is 1. The van der Waals surface area contributed by atoms with Gasteiger partial charge in [-0.05, 0) is 61.4 Å². The van der Waals surface area contributed by atoms with Crippen LogP contribution >= 0.6 is 0 Å². The zero-order chi connectivity index (χ0) is 29.6. The van der Waals surface area contributed by atoms with Crippen LogP contribution in [0.2, 0.25) is 0 Å². The van der Waals surface area contributed by atoms with E-state index < -0.39 is 17.8 Å². The molecule has 5 aromatic rings. The van der Waals surface area contributed by atoms with E-state index in [1.165, 1.54) is 12.1 Å². The minimum Gasteiger partial charge on any atom is -0.382 e. The fourth-order valence-electron chi connectivity index (χ4n) is 5.49. The molecule has 8 nitrogen and oxygen atoms in total. The van der Waals surface area contributed by atoms with Gasteiger partial charge in [-0.25, -0.2) is 14.8 Å². The first-order chi connectivity index (χ1) is 20.1. The quantitative estimate of drug-likeness (QED) is 0.185. The number of nitrogens with two attached hydrogens (primary N) is 2. The zero-order valence-corrected chi connectivity index (χ0v) is 22.7. The summed E-state index contributed by atoms with van der Waals surface area (Å²) in [6, 6.07) is 15.0. The van der Waals surface area contributed by atoms with E-state index in [0.717, 1.165) is 64.8 Å². The average molecular weight is 572 g/mol. The molecule has 214 valence electrons. The molecule has 0 saturated heterocycles. The topological polar surface area (TPSA) is 123 Å². The fourth-order valence-corrected chi connectivity index (χ4v) is 5.49. The summed E-state index contributed by atoms with van der Waals surface area (Å²) in [7, 11) is 0. The maximum atomic E-state index is 13.1. The van der Waals surface area contributed by atoms with Gasteiger partial charge in [-0.3, -0.25) is 4.40 Å². The molecule has 11 heteroatoms. The van der Waals surface area contributed by atoms with E-state index in [1.54, 1.807) is 12.3 Å². The third kappa shape index (κ3) is 5.03. The number of carbonyl (C=O) groups excluding carboxylic acids is 1. The van der Waals surface area contributed by atoms with Crippen LogP contribution in [0.3, 0.4) is 0 Å². The van der Waals surface area contributed by atoms with E-state index in [-0.39, 0.29) is 11.7 Å². The van der Waals surface area contributed by atoms with Crippen molar-refractivity contribution in [1.82, 2.24) is 14.4 Å². The molecule has 2 heterocycles. The molecular weight excluding hydrogens is 543 g/mol. The number of hydrogen-bond acceptors (Lipinski definition) is 5. The molecule has 2 aromatic heterocycles. The lowest BCUT2D eigenvalue weighted by molar-refractivity contribution is -0.137. The molecule has 1 atom stereocenters. The minimum atomic E-state index is -4.52. The first-order valence-corrected chi connectivity index (χ1v) is 13.5. The van der Waals surface area contributed by atoms with Crippen LogP contribution in [-0.4, -0.2) is 26.4 Å². The number of nitrogen functional groups attached to an aromatic ring is 1. The zero-order valence-electron chi connectivity index (χ0n) is 22.7. The van der Waals surface area contributed by atoms with E-state index in [1.807, 2.05) is 41.7 Å². The van der Waals surface area contributed by atoms with Gasteiger partial charge in [0.15, 0.2) is 0 Å². The molecular formula is C31H28F3N7O. The van der Waals surface area contributed by atoms with Crippen molar-refractivity contribution in [2.75, 3.05) is 16.4 Å². The van der Waals surface area contributed by atoms with E-state index >= 15 is 0 Å². The van der Waals surface area contributed by atoms with Gasteiger partial charge in [-0.2, -0.15) is 13.2 Å². The van der Waals surface area contributed by atoms with Crippen molar-refractivity contribution in [3.05, 3.63) is 90.0 Å². The monoisotopic (exact) mass is 571 g/mol. The predicted octanol–water partition coefficient (Wildman–Crippen LogP) is 7.00. The van der Waals surface area contributed by atoms with Gasteiger partial charge in [0.05, 0.1) is 23.1 Å². The van der Waals surface area contributed by atoms with Crippen LogP contribution in [0.5, 0.6) is 0 Å². The maximum Gasteiger partial charge on any atom is 0.416 e. The van der Waals surface area contributed by atoms with Crippen molar-refractivity contribution >= 4 is 45.1 Å². The molecule has 0 bridgehead atoms. The number of fused-ring (bicyclic) bond motifs is 2. The van der Waals surface area contributed by atoms with Crippen molar-refractivity contribution in [2.45, 2.75) is 38.4 Å². The van der Waals surface area contributed by atoms with Crippen LogP contribution in [0.15, 0.2) is 72.9 Å². The molecule has 0 aliphatic heterocycles. The number of halogens is 3. The Kier molecular flexibility index (Phi) is 6.82. The Morgan fingerprint density at radius 2 is 1.83 bits per heavy atom. The number of nitrogens with one attached hydrogen (secondary N) is 2. The van der Waals surface area contributed by atoms with Crippen molar-refractivity contribution in [3.8, 4) is 11.3 Å². The third-order valence-corrected chi connectivity index (χ3v) is 7.51. The predicted molar refractivity (Wildman–Crippen MR) is 159 cm³/mol. The largest absolute Gasteiger partial charge is 0.416 e. The van der Waals surface area contributed by atoms with E-state index in [9.17, 15) is 18.0 Å². The maximum absolute atomic E-state index is 13.1. The molecule has 0 radical (unpaired) electrons. The SMILES string of the molecule is Cc1nc(-c2ccc(NC(=O)Nc3cccc(C(F)(F)F)c3)c3ccccc23)c2c(N)ncc(C3=CCC(N)CC3)n12. The number of aromatic nitrogens is 3. The Balaban J connectivity index is 1.38. The second-order valence-electron chi connectivity index (χ2n) is 10.3. The Hall–Kier alpha value is -4.90. The highest BCUT2D eigenvalue weighted by Gasteiger charge is 2.30. The van der Waals surface area contributed by atoms with Gasteiger partial charge in [0.2, 0.25) is 0 Å². The van der Waals surface area contributed by atoms with Crippen LogP contribution in [0.4, 0.5) is 35.2 Å². The minimum absolute atomic E-state index is 0.0250. The van der Waals surface area contributed by atoms with Crippen molar-refractivity contribution in [2.24, 2.45) is 5.73 Å². The highest BCUT2D eigenvalue weighted by atomic mass is 19.4. The van der Waals surface area contributed by atoms with Gasteiger partial charge in [0.1, 0.15) is 22.9 Å². The summed E-state index contributed by atoms with van der Waals surface area (Å²) >= 11 is 0. The number of imidazole rings is 1. The number of amides is 2. The molecule has 0 spiro atoms. The number of carbonyl (C=O) groups is 1. The van der Waals surface area contributed by atoms with Crippen LogP contribution in [0.1, 0.15) is 36.3 Å². The van der Waals surface area contributed by atoms with Crippen LogP contribution in [-0.2, 0) is 6.18 Å². The molecule has 1 aliphatic rings. The number of rotatable bonds is 4. The molecule has 0 fully saturated rings. The lowest BCUT2D eigenvalue weighted by Crippen LogP contribution is -2.21. The first kappa shape index (κ1) is 27.3. The molecule has 42 heavy (non-hydrogen) atoms. The molecule has 1 aliphatic carbocycles. The molecule has 3 aromatic carbocycles. The number of alkyl halides is 3. The number of aryl methyl sites for hydroxylation is 1. The highest BCUT2D eigenvalue weighted by molar-refractivity contribution is 6.11. The summed E-state index contributed by atoms with van der Waals surface area (Å²) in [5.41, 5.74) is 16.4. The smallest absolute Gasteiger partial charge is 0.382 e. The number of hydrogen-bond donors (Lipinski definition) is 4. The standard InChI is InChI=1S/C31H28F3N7O/c1-17-38-27(28-29(36)37-16-26(41(17)28)18-9-11-20(35)12-10-18)24-13-14-25(23-8-3-2-7-22(23)24)40-30(42)39-21-6-4-5-19(15-21)31(32,33)34/h2-9,13-16,20H,10-12,35H2,1H3,(H2,36,37)(H2,39,40,42). The second-order valence-corrected chi connectivity index (χ2v) is 10.3. The van der Waals surface area contributed by atoms with Gasteiger partial charge < -0.3 is 22.1 Å². The number of benzene rings is 3. The van der Waals surface area contributed by atoms with Crippen LogP contribution in [0, 0.1) is 6.92 Å². The summed E-state index contributed by atoms with van der Waals surface area (Å²) in [6.45, 7) is 1.92. The number of anilines is 3. The summed E-state index contributed by atoms with van der Waals surface area (Å²) in [4.78, 5) is 22.2. The Labute approximate surface area is 239 Å². The number of allylic oxidation sites excluding steroid dienone is 1. The Bertz CT molecular complexity index is 1880. The molecule has 1 unspecified atom stereocenters. The van der Waals surface area contributed by atoms with Gasteiger partial charge >= 0.3 is 12.2 Å². The summed E-state index contributed by atoms with van der Waals surface area (Å²) in [5, 5.41) is 6.78. The third-order valence-electron chi connectivity index (χ3n) is 7.51. The Morgan fingerprint density at radius 1 is 1.05 bits per heavy atom. The average Bonchev–Trinajstić information content (AvgIpc) is 3.31. The van der Waals surface area contributed by atoms with Crippen molar-refractivity contribution in [3.63, 3.8) is 0 Å². The first-order valence-electron chi connectivity index (χ1n) is 13.5. The van der Waals surface area contributed by atoms with Crippen molar-refractivity contribution in [1.29, 1.82) is 0 Å². The highest BCUT2D eigenvalue weighted by Crippen LogP contribution is 2.38. The van der Waals surface area contributed by atoms with Gasteiger partial charge in [-0.15, -0.1) is 0 Å². The molecule has 6 N–H and O–H groups in total. The lowest BCUT2D eigenvalue weighted by atomic mass is 9.94. The van der Waals surface area contributed by atoms with E-state index in [0.29, 0.717) is 22.7 Å². The van der Waals surface area contributed by atoms with E-state index in [2.05, 4.69) is 21.7 Å². The van der Waals surface area contributed by atoms with E-state index in [4.69, 9.17) is 16.5 Å². The summed E-state index contributed by atoms with van der Waals surface area (Å²) in [6.07, 6.45) is 1.93. The summed E-state index contributed by atoms with van der Waals surface area (Å²) in [5.74, 6) is 1.10. The van der Waals surface area contributed by atoms with Crippen LogP contribution in [0.25, 0.3) is 33.1 Å². The normalized spacial score (nSPS) is 15.5. The summed E-state index contributed by atoms with van der Waals surface area (Å²) < 4.78 is 41.3. The molecule has 0 saturated carbocycles. The lowest BCUT2D eigenvalue weighted by Gasteiger charge is -2.20. The van der Waals surface area contributed by atoms with Gasteiger partial charge in [0, 0.05) is 22.7 Å². The van der Waals surface area contributed by atoms with Gasteiger partial charge in [-0.1, -0.05) is 42.5 Å². The Morgan fingerprint density at radius 3 is 2.57 bits per heavy atom.